The van der Waals surface area contributed by atoms with Crippen molar-refractivity contribution in [2.24, 2.45) is 0 Å². The number of aromatic nitrogens is 1. The van der Waals surface area contributed by atoms with Gasteiger partial charge in [-0.1, -0.05) is 58.4 Å². The van der Waals surface area contributed by atoms with Gasteiger partial charge in [0.25, 0.3) is 0 Å². The van der Waals surface area contributed by atoms with Crippen molar-refractivity contribution in [2.75, 3.05) is 0 Å². The van der Waals surface area contributed by atoms with Crippen molar-refractivity contribution < 1.29 is 0 Å². The standard InChI is InChI=1S/C17H12BrN/c18-16-10-8-14(9-11-16)13-4-6-15(7-5-13)17-3-1-2-12-19-17/h1-12H. The van der Waals surface area contributed by atoms with Crippen LogP contribution in [0.4, 0.5) is 0 Å². The quantitative estimate of drug-likeness (QED) is 0.635. The summed E-state index contributed by atoms with van der Waals surface area (Å²) in [5, 5.41) is 0. The average Bonchev–Trinajstić information content (AvgIpc) is 2.49. The van der Waals surface area contributed by atoms with Gasteiger partial charge in [-0.2, -0.15) is 0 Å². The van der Waals surface area contributed by atoms with E-state index in [-0.39, 0.29) is 0 Å². The van der Waals surface area contributed by atoms with Crippen molar-refractivity contribution in [2.45, 2.75) is 0 Å². The van der Waals surface area contributed by atoms with Crippen molar-refractivity contribution in [1.82, 2.24) is 4.98 Å². The Morgan fingerprint density at radius 1 is 0.632 bits per heavy atom. The molecular weight excluding hydrogens is 298 g/mol. The average molecular weight is 310 g/mol. The van der Waals surface area contributed by atoms with Gasteiger partial charge in [0.15, 0.2) is 0 Å². The molecule has 3 rings (SSSR count). The minimum atomic E-state index is 1.00. The zero-order valence-electron chi connectivity index (χ0n) is 10.3. The number of benzene rings is 2. The van der Waals surface area contributed by atoms with Crippen LogP contribution in [-0.4, -0.2) is 4.98 Å². The second kappa shape index (κ2) is 5.37. The van der Waals surface area contributed by atoms with Gasteiger partial charge in [0, 0.05) is 16.2 Å². The zero-order valence-corrected chi connectivity index (χ0v) is 11.8. The largest absolute Gasteiger partial charge is 0.256 e. The molecule has 0 aliphatic heterocycles. The number of rotatable bonds is 2. The van der Waals surface area contributed by atoms with Crippen LogP contribution in [0.3, 0.4) is 0 Å². The summed E-state index contributed by atoms with van der Waals surface area (Å²) in [6.45, 7) is 0. The highest BCUT2D eigenvalue weighted by atomic mass is 79.9. The summed E-state index contributed by atoms with van der Waals surface area (Å²) in [5.74, 6) is 0. The van der Waals surface area contributed by atoms with Gasteiger partial charge in [-0.15, -0.1) is 0 Å². The lowest BCUT2D eigenvalue weighted by atomic mass is 10.0. The first kappa shape index (κ1) is 12.1. The molecule has 0 unspecified atom stereocenters. The molecule has 0 aliphatic carbocycles. The number of halogens is 1. The van der Waals surface area contributed by atoms with Crippen LogP contribution >= 0.6 is 15.9 Å². The molecule has 0 N–H and O–H groups in total. The first-order valence-corrected chi connectivity index (χ1v) is 6.90. The SMILES string of the molecule is Brc1ccc(-c2ccc(-c3ccccn3)cc2)cc1. The van der Waals surface area contributed by atoms with E-state index in [0.717, 1.165) is 15.7 Å². The van der Waals surface area contributed by atoms with Crippen LogP contribution < -0.4 is 0 Å². The van der Waals surface area contributed by atoms with Gasteiger partial charge in [-0.3, -0.25) is 4.98 Å². The minimum absolute atomic E-state index is 1.00. The van der Waals surface area contributed by atoms with E-state index in [1.165, 1.54) is 11.1 Å². The van der Waals surface area contributed by atoms with Crippen molar-refractivity contribution in [3.63, 3.8) is 0 Å². The third kappa shape index (κ3) is 2.74. The summed E-state index contributed by atoms with van der Waals surface area (Å²) >= 11 is 3.45. The van der Waals surface area contributed by atoms with Crippen LogP contribution in [0.2, 0.25) is 0 Å². The molecule has 3 aromatic rings. The predicted octanol–water partition coefficient (Wildman–Crippen LogP) is 5.18. The fraction of sp³-hybridized carbons (Fsp3) is 0. The second-order valence-corrected chi connectivity index (χ2v) is 5.21. The smallest absolute Gasteiger partial charge is 0.0701 e. The first-order chi connectivity index (χ1) is 9.33. The molecule has 0 bridgehead atoms. The van der Waals surface area contributed by atoms with Crippen LogP contribution in [0, 0.1) is 0 Å². The monoisotopic (exact) mass is 309 g/mol. The fourth-order valence-corrected chi connectivity index (χ4v) is 2.27. The Morgan fingerprint density at radius 3 is 1.79 bits per heavy atom. The summed E-state index contributed by atoms with van der Waals surface area (Å²) in [4.78, 5) is 4.36. The summed E-state index contributed by atoms with van der Waals surface area (Å²) in [5.41, 5.74) is 4.58. The molecule has 0 spiro atoms. The van der Waals surface area contributed by atoms with Crippen LogP contribution in [0.5, 0.6) is 0 Å². The third-order valence-electron chi connectivity index (χ3n) is 3.02. The van der Waals surface area contributed by atoms with Crippen LogP contribution in [0.15, 0.2) is 77.4 Å². The molecule has 0 radical (unpaired) electrons. The lowest BCUT2D eigenvalue weighted by molar-refractivity contribution is 1.33. The number of pyridine rings is 1. The highest BCUT2D eigenvalue weighted by Gasteiger charge is 2.00. The Hall–Kier alpha value is -1.93. The molecule has 0 atom stereocenters. The minimum Gasteiger partial charge on any atom is -0.256 e. The van der Waals surface area contributed by atoms with Crippen LogP contribution in [-0.2, 0) is 0 Å². The van der Waals surface area contributed by atoms with E-state index in [2.05, 4.69) is 69.4 Å². The zero-order chi connectivity index (χ0) is 13.1. The van der Waals surface area contributed by atoms with Gasteiger partial charge in [-0.05, 0) is 35.4 Å². The van der Waals surface area contributed by atoms with E-state index in [0.29, 0.717) is 0 Å². The van der Waals surface area contributed by atoms with Crippen molar-refractivity contribution in [3.05, 3.63) is 77.4 Å². The Bertz CT molecular complexity index is 658. The number of hydrogen-bond acceptors (Lipinski definition) is 1. The molecule has 2 heteroatoms. The molecule has 0 aliphatic rings. The maximum Gasteiger partial charge on any atom is 0.0701 e. The van der Waals surface area contributed by atoms with Crippen molar-refractivity contribution >= 4 is 15.9 Å². The van der Waals surface area contributed by atoms with E-state index >= 15 is 0 Å². The van der Waals surface area contributed by atoms with E-state index in [1.54, 1.807) is 0 Å². The summed E-state index contributed by atoms with van der Waals surface area (Å²) in [6.07, 6.45) is 1.82. The van der Waals surface area contributed by atoms with Gasteiger partial charge < -0.3 is 0 Å². The van der Waals surface area contributed by atoms with E-state index in [1.807, 2.05) is 24.4 Å². The van der Waals surface area contributed by atoms with E-state index < -0.39 is 0 Å². The van der Waals surface area contributed by atoms with Gasteiger partial charge in [0.2, 0.25) is 0 Å². The maximum atomic E-state index is 4.36. The molecule has 2 aromatic carbocycles. The molecular formula is C17H12BrN. The molecule has 19 heavy (non-hydrogen) atoms. The predicted molar refractivity (Wildman–Crippen MR) is 82.8 cm³/mol. The number of nitrogens with zero attached hydrogens (tertiary/aromatic N) is 1. The van der Waals surface area contributed by atoms with Gasteiger partial charge in [-0.25, -0.2) is 0 Å². The Morgan fingerprint density at radius 2 is 1.21 bits per heavy atom. The lowest BCUT2D eigenvalue weighted by Crippen LogP contribution is -1.82. The molecule has 0 amide bonds. The fourth-order valence-electron chi connectivity index (χ4n) is 2.01. The Kier molecular flexibility index (Phi) is 3.43. The summed E-state index contributed by atoms with van der Waals surface area (Å²) < 4.78 is 1.10. The highest BCUT2D eigenvalue weighted by Crippen LogP contribution is 2.24. The topological polar surface area (TPSA) is 12.9 Å². The Balaban J connectivity index is 1.93. The summed E-state index contributed by atoms with van der Waals surface area (Å²) in [7, 11) is 0. The summed E-state index contributed by atoms with van der Waals surface area (Å²) in [6, 6.07) is 22.8. The van der Waals surface area contributed by atoms with E-state index in [9.17, 15) is 0 Å². The number of hydrogen-bond donors (Lipinski definition) is 0. The normalized spacial score (nSPS) is 10.4. The molecule has 1 aromatic heterocycles. The van der Waals surface area contributed by atoms with Crippen LogP contribution in [0.25, 0.3) is 22.4 Å². The van der Waals surface area contributed by atoms with E-state index in [4.69, 9.17) is 0 Å². The van der Waals surface area contributed by atoms with Crippen molar-refractivity contribution in [3.8, 4) is 22.4 Å². The van der Waals surface area contributed by atoms with Crippen molar-refractivity contribution in [1.29, 1.82) is 0 Å². The Labute approximate surface area is 121 Å². The van der Waals surface area contributed by atoms with Gasteiger partial charge in [0.05, 0.1) is 5.69 Å². The first-order valence-electron chi connectivity index (χ1n) is 6.10. The lowest BCUT2D eigenvalue weighted by Gasteiger charge is -2.04. The molecule has 92 valence electrons. The third-order valence-corrected chi connectivity index (χ3v) is 3.55. The molecule has 1 heterocycles. The van der Waals surface area contributed by atoms with Gasteiger partial charge in [0.1, 0.15) is 0 Å². The molecule has 0 fully saturated rings. The van der Waals surface area contributed by atoms with Crippen LogP contribution in [0.1, 0.15) is 0 Å². The molecule has 0 saturated heterocycles. The van der Waals surface area contributed by atoms with Gasteiger partial charge >= 0.3 is 0 Å². The maximum absolute atomic E-state index is 4.36. The molecule has 1 nitrogen and oxygen atoms in total. The second-order valence-electron chi connectivity index (χ2n) is 4.30. The highest BCUT2D eigenvalue weighted by molar-refractivity contribution is 9.10. The molecule has 0 saturated carbocycles.